The standard InChI is InChI=1S/C24H27N5O5S/c1-33-20-10-26-16-4-2-3-15(21(16)29-20)22(31)23(32)17-7-5-14(11-34-17)25-9-13-6-8-18-24(27-13)28-19(30)12-35-18/h2-4,6,8,10,14,17,22-23,25,31-32H,5,7,9,11-12H2,1H3,(H,27,28,30)/t14-,17+,22-,23+/m1/s1. The van der Waals surface area contributed by atoms with E-state index in [1.807, 2.05) is 12.1 Å². The Hall–Kier alpha value is -2.83. The highest BCUT2D eigenvalue weighted by atomic mass is 32.2. The first-order valence-electron chi connectivity index (χ1n) is 11.4. The van der Waals surface area contributed by atoms with Crippen LogP contribution in [0.1, 0.15) is 30.2 Å². The van der Waals surface area contributed by atoms with E-state index >= 15 is 0 Å². The number of carbonyl (C=O) groups excluding carboxylic acids is 1. The van der Waals surface area contributed by atoms with Crippen molar-refractivity contribution in [3.8, 4) is 5.88 Å². The summed E-state index contributed by atoms with van der Waals surface area (Å²) in [4.78, 5) is 25.8. The van der Waals surface area contributed by atoms with Crippen LogP contribution in [-0.2, 0) is 16.1 Å². The number of methoxy groups -OCH3 is 1. The van der Waals surface area contributed by atoms with Crippen molar-refractivity contribution in [2.45, 2.75) is 48.6 Å². The molecule has 1 aromatic carbocycles. The molecule has 0 spiro atoms. The number of anilines is 1. The average molecular weight is 498 g/mol. The minimum Gasteiger partial charge on any atom is -0.480 e. The lowest BCUT2D eigenvalue weighted by Crippen LogP contribution is -2.45. The van der Waals surface area contributed by atoms with Crippen LogP contribution in [0, 0.1) is 0 Å². The molecule has 1 saturated heterocycles. The predicted octanol–water partition coefficient (Wildman–Crippen LogP) is 1.81. The van der Waals surface area contributed by atoms with E-state index in [9.17, 15) is 15.0 Å². The maximum absolute atomic E-state index is 11.6. The third-order valence-electron chi connectivity index (χ3n) is 6.23. The number of hydrogen-bond acceptors (Lipinski definition) is 10. The summed E-state index contributed by atoms with van der Waals surface area (Å²) in [6.07, 6.45) is 0.0715. The third-order valence-corrected chi connectivity index (χ3v) is 7.28. The summed E-state index contributed by atoms with van der Waals surface area (Å²) in [6, 6.07) is 9.30. The number of aromatic nitrogens is 3. The highest BCUT2D eigenvalue weighted by Crippen LogP contribution is 2.31. The highest BCUT2D eigenvalue weighted by Gasteiger charge is 2.33. The van der Waals surface area contributed by atoms with E-state index in [1.54, 1.807) is 18.2 Å². The Kier molecular flexibility index (Phi) is 7.12. The molecule has 184 valence electrons. The van der Waals surface area contributed by atoms with Gasteiger partial charge in [-0.05, 0) is 31.0 Å². The normalized spacial score (nSPS) is 21.7. The molecule has 2 aliphatic heterocycles. The molecule has 0 bridgehead atoms. The zero-order chi connectivity index (χ0) is 24.4. The van der Waals surface area contributed by atoms with Crippen LogP contribution in [0.5, 0.6) is 5.88 Å². The molecule has 5 rings (SSSR count). The molecule has 0 aliphatic carbocycles. The molecule has 2 aromatic heterocycles. The molecule has 1 fully saturated rings. The number of rotatable bonds is 7. The Morgan fingerprint density at radius 3 is 2.94 bits per heavy atom. The fourth-order valence-corrected chi connectivity index (χ4v) is 5.07. The third kappa shape index (κ3) is 5.24. The Morgan fingerprint density at radius 2 is 2.14 bits per heavy atom. The largest absolute Gasteiger partial charge is 0.480 e. The van der Waals surface area contributed by atoms with Crippen molar-refractivity contribution in [3.05, 3.63) is 47.8 Å². The van der Waals surface area contributed by atoms with Gasteiger partial charge in [-0.25, -0.2) is 15.0 Å². The Labute approximate surface area is 206 Å². The number of nitrogens with zero attached hydrogens (tertiary/aromatic N) is 3. The van der Waals surface area contributed by atoms with Crippen LogP contribution in [0.4, 0.5) is 5.82 Å². The summed E-state index contributed by atoms with van der Waals surface area (Å²) >= 11 is 1.48. The molecule has 4 N–H and O–H groups in total. The molecule has 10 nitrogen and oxygen atoms in total. The number of ether oxygens (including phenoxy) is 2. The van der Waals surface area contributed by atoms with Crippen LogP contribution in [0.3, 0.4) is 0 Å². The van der Waals surface area contributed by atoms with Gasteiger partial charge in [0.25, 0.3) is 0 Å². The van der Waals surface area contributed by atoms with E-state index in [1.165, 1.54) is 25.1 Å². The summed E-state index contributed by atoms with van der Waals surface area (Å²) in [7, 11) is 1.50. The maximum Gasteiger partial charge on any atom is 0.235 e. The summed E-state index contributed by atoms with van der Waals surface area (Å²) < 4.78 is 11.1. The molecule has 3 aromatic rings. The van der Waals surface area contributed by atoms with Crippen molar-refractivity contribution in [1.29, 1.82) is 0 Å². The number of fused-ring (bicyclic) bond motifs is 2. The highest BCUT2D eigenvalue weighted by molar-refractivity contribution is 8.00. The number of nitrogens with one attached hydrogen (secondary N) is 2. The first kappa shape index (κ1) is 23.9. The number of thioether (sulfide) groups is 1. The van der Waals surface area contributed by atoms with Gasteiger partial charge in [0, 0.05) is 18.2 Å². The van der Waals surface area contributed by atoms with Crippen LogP contribution < -0.4 is 15.4 Å². The fraction of sp³-hybridized carbons (Fsp3) is 0.417. The molecule has 11 heteroatoms. The number of aliphatic hydroxyl groups excluding tert-OH is 2. The molecule has 0 radical (unpaired) electrons. The number of para-hydroxylation sites is 1. The predicted molar refractivity (Wildman–Crippen MR) is 130 cm³/mol. The molecule has 4 heterocycles. The van der Waals surface area contributed by atoms with Crippen molar-refractivity contribution < 1.29 is 24.5 Å². The van der Waals surface area contributed by atoms with E-state index in [0.717, 1.165) is 17.0 Å². The van der Waals surface area contributed by atoms with Gasteiger partial charge < -0.3 is 30.3 Å². The van der Waals surface area contributed by atoms with Crippen molar-refractivity contribution in [2.24, 2.45) is 0 Å². The van der Waals surface area contributed by atoms with Gasteiger partial charge >= 0.3 is 0 Å². The van der Waals surface area contributed by atoms with Crippen molar-refractivity contribution in [3.63, 3.8) is 0 Å². The maximum atomic E-state index is 11.6. The first-order chi connectivity index (χ1) is 17.0. The summed E-state index contributed by atoms with van der Waals surface area (Å²) in [6.45, 7) is 0.934. The molecule has 0 unspecified atom stereocenters. The smallest absolute Gasteiger partial charge is 0.235 e. The van der Waals surface area contributed by atoms with Crippen LogP contribution in [0.15, 0.2) is 41.4 Å². The van der Waals surface area contributed by atoms with Crippen molar-refractivity contribution >= 4 is 34.5 Å². The SMILES string of the molecule is COc1cnc2cccc([C@@H](O)[C@@H](O)[C@@H]3CC[C@@H](NCc4ccc5c(n4)NC(=O)CS5)CO3)c2n1. The van der Waals surface area contributed by atoms with Crippen LogP contribution in [0.25, 0.3) is 11.0 Å². The van der Waals surface area contributed by atoms with Gasteiger partial charge in [-0.1, -0.05) is 12.1 Å². The first-order valence-corrected chi connectivity index (χ1v) is 12.4. The van der Waals surface area contributed by atoms with Gasteiger partial charge in [-0.2, -0.15) is 0 Å². The van der Waals surface area contributed by atoms with E-state index < -0.39 is 18.3 Å². The van der Waals surface area contributed by atoms with Crippen LogP contribution >= 0.6 is 11.8 Å². The van der Waals surface area contributed by atoms with Gasteiger partial charge in [0.2, 0.25) is 11.8 Å². The average Bonchev–Trinajstić information content (AvgIpc) is 2.90. The molecule has 2 aliphatic rings. The zero-order valence-corrected chi connectivity index (χ0v) is 20.0. The van der Waals surface area contributed by atoms with Crippen molar-refractivity contribution in [1.82, 2.24) is 20.3 Å². The number of pyridine rings is 1. The molecule has 1 amide bonds. The number of carbonyl (C=O) groups is 1. The number of benzene rings is 1. The van der Waals surface area contributed by atoms with Crippen LogP contribution in [-0.4, -0.2) is 68.8 Å². The van der Waals surface area contributed by atoms with E-state index in [0.29, 0.717) is 53.6 Å². The second kappa shape index (κ2) is 10.4. The Morgan fingerprint density at radius 1 is 1.26 bits per heavy atom. The second-order valence-electron chi connectivity index (χ2n) is 8.58. The minimum absolute atomic E-state index is 0.0396. The summed E-state index contributed by atoms with van der Waals surface area (Å²) in [5, 5.41) is 28.1. The molecule has 0 saturated carbocycles. The van der Waals surface area contributed by atoms with Gasteiger partial charge in [-0.3, -0.25) is 4.79 Å². The van der Waals surface area contributed by atoms with E-state index in [2.05, 4.69) is 25.6 Å². The number of amides is 1. The molecule has 35 heavy (non-hydrogen) atoms. The Bertz CT molecular complexity index is 1220. The van der Waals surface area contributed by atoms with E-state index in [4.69, 9.17) is 9.47 Å². The van der Waals surface area contributed by atoms with Crippen molar-refractivity contribution in [2.75, 3.05) is 24.8 Å². The topological polar surface area (TPSA) is 139 Å². The van der Waals surface area contributed by atoms with Gasteiger partial charge in [0.05, 0.1) is 53.4 Å². The minimum atomic E-state index is -1.18. The molecular weight excluding hydrogens is 470 g/mol. The van der Waals surface area contributed by atoms with Gasteiger partial charge in [-0.15, -0.1) is 11.8 Å². The summed E-state index contributed by atoms with van der Waals surface area (Å²) in [5.74, 6) is 1.32. The number of aliphatic hydroxyl groups is 2. The lowest BCUT2D eigenvalue weighted by Gasteiger charge is -2.34. The second-order valence-corrected chi connectivity index (χ2v) is 9.59. The molecular formula is C24H27N5O5S. The Balaban J connectivity index is 1.17. The summed E-state index contributed by atoms with van der Waals surface area (Å²) in [5.41, 5.74) is 2.41. The lowest BCUT2D eigenvalue weighted by molar-refractivity contribution is -0.114. The monoisotopic (exact) mass is 497 g/mol. The van der Waals surface area contributed by atoms with Gasteiger partial charge in [0.1, 0.15) is 18.0 Å². The van der Waals surface area contributed by atoms with Gasteiger partial charge in [0.15, 0.2) is 0 Å². The van der Waals surface area contributed by atoms with E-state index in [-0.39, 0.29) is 11.9 Å². The van der Waals surface area contributed by atoms with Crippen LogP contribution in [0.2, 0.25) is 0 Å². The lowest BCUT2D eigenvalue weighted by atomic mass is 9.94. The quantitative estimate of drug-likeness (QED) is 0.382. The zero-order valence-electron chi connectivity index (χ0n) is 19.2. The molecule has 4 atom stereocenters. The fourth-order valence-electron chi connectivity index (χ4n) is 4.32. The number of hydrogen-bond donors (Lipinski definition) is 4.